The van der Waals surface area contributed by atoms with Crippen LogP contribution in [0.2, 0.25) is 0 Å². The molecule has 0 N–H and O–H groups in total. The van der Waals surface area contributed by atoms with Crippen LogP contribution in [0.1, 0.15) is 11.1 Å². The average Bonchev–Trinajstić information content (AvgIpc) is 2.22. The van der Waals surface area contributed by atoms with Gasteiger partial charge in [-0.3, -0.25) is 0 Å². The van der Waals surface area contributed by atoms with E-state index in [9.17, 15) is 0 Å². The minimum Gasteiger partial charge on any atom is -0.0614 e. The lowest BCUT2D eigenvalue weighted by molar-refractivity contribution is 1.41. The van der Waals surface area contributed by atoms with Crippen LogP contribution >= 0.6 is 22.6 Å². The Morgan fingerprint density at radius 2 is 1.60 bits per heavy atom. The summed E-state index contributed by atoms with van der Waals surface area (Å²) < 4.78 is 1.32. The molecule has 0 aliphatic carbocycles. The van der Waals surface area contributed by atoms with E-state index in [-0.39, 0.29) is 0 Å². The van der Waals surface area contributed by atoms with E-state index in [1.54, 1.807) is 0 Å². The number of rotatable bonds is 1. The predicted octanol–water partition coefficient (Wildman–Crippen LogP) is 4.58. The van der Waals surface area contributed by atoms with Gasteiger partial charge in [-0.2, -0.15) is 0 Å². The molecule has 2 aromatic rings. The van der Waals surface area contributed by atoms with Crippen LogP contribution in [0.4, 0.5) is 0 Å². The largest absolute Gasteiger partial charge is 0.0614 e. The van der Waals surface area contributed by atoms with E-state index in [0.29, 0.717) is 0 Å². The summed E-state index contributed by atoms with van der Waals surface area (Å²) in [4.78, 5) is 0. The number of benzene rings is 2. The molecule has 15 heavy (non-hydrogen) atoms. The molecule has 0 nitrogen and oxygen atoms in total. The number of hydrogen-bond acceptors (Lipinski definition) is 0. The predicted molar refractivity (Wildman–Crippen MR) is 74.1 cm³/mol. The highest BCUT2D eigenvalue weighted by Crippen LogP contribution is 2.23. The fraction of sp³-hybridized carbons (Fsp3) is 0.143. The molecule has 0 heterocycles. The Kier molecular flexibility index (Phi) is 3.10. The van der Waals surface area contributed by atoms with Gasteiger partial charge in [0.05, 0.1) is 0 Å². The van der Waals surface area contributed by atoms with Crippen molar-refractivity contribution in [1.82, 2.24) is 0 Å². The summed E-state index contributed by atoms with van der Waals surface area (Å²) in [5.41, 5.74) is 5.25. The molecule has 0 atom stereocenters. The fourth-order valence-electron chi connectivity index (χ4n) is 1.65. The molecule has 0 spiro atoms. The van der Waals surface area contributed by atoms with E-state index in [1.165, 1.54) is 25.8 Å². The monoisotopic (exact) mass is 308 g/mol. The minimum atomic E-state index is 1.30. The molecule has 1 heteroatoms. The van der Waals surface area contributed by atoms with Gasteiger partial charge in [-0.05, 0) is 59.2 Å². The van der Waals surface area contributed by atoms with Gasteiger partial charge < -0.3 is 0 Å². The second kappa shape index (κ2) is 4.35. The van der Waals surface area contributed by atoms with Gasteiger partial charge in [0.2, 0.25) is 0 Å². The van der Waals surface area contributed by atoms with Gasteiger partial charge in [0.25, 0.3) is 0 Å². The Labute approximate surface area is 104 Å². The zero-order valence-corrected chi connectivity index (χ0v) is 11.1. The first kappa shape index (κ1) is 10.7. The Hall–Kier alpha value is -0.830. The number of aryl methyl sites for hydroxylation is 2. The molecular formula is C14H13I. The highest BCUT2D eigenvalue weighted by molar-refractivity contribution is 14.1. The highest BCUT2D eigenvalue weighted by atomic mass is 127. The molecule has 0 saturated heterocycles. The first-order valence-corrected chi connectivity index (χ1v) is 6.08. The van der Waals surface area contributed by atoms with Crippen molar-refractivity contribution >= 4 is 22.6 Å². The molecule has 2 aromatic carbocycles. The van der Waals surface area contributed by atoms with E-state index in [4.69, 9.17) is 0 Å². The van der Waals surface area contributed by atoms with E-state index < -0.39 is 0 Å². The van der Waals surface area contributed by atoms with E-state index in [2.05, 4.69) is 78.9 Å². The lowest BCUT2D eigenvalue weighted by atomic mass is 10.0. The first-order valence-electron chi connectivity index (χ1n) is 5.00. The SMILES string of the molecule is Cc1cccc(-c2ccc(I)c(C)c2)c1. The standard InChI is InChI=1S/C14H13I/c1-10-4-3-5-12(8-10)13-6-7-14(15)11(2)9-13/h3-9H,1-2H3. The van der Waals surface area contributed by atoms with Crippen molar-refractivity contribution in [3.8, 4) is 11.1 Å². The molecule has 0 saturated carbocycles. The van der Waals surface area contributed by atoms with Crippen LogP contribution < -0.4 is 0 Å². The van der Waals surface area contributed by atoms with E-state index in [1.807, 2.05) is 0 Å². The topological polar surface area (TPSA) is 0 Å². The molecule has 76 valence electrons. The van der Waals surface area contributed by atoms with Gasteiger partial charge in [0.15, 0.2) is 0 Å². The zero-order chi connectivity index (χ0) is 10.8. The Morgan fingerprint density at radius 1 is 0.867 bits per heavy atom. The van der Waals surface area contributed by atoms with Crippen LogP contribution in [-0.2, 0) is 0 Å². The normalized spacial score (nSPS) is 10.3. The maximum atomic E-state index is 2.37. The van der Waals surface area contributed by atoms with Crippen molar-refractivity contribution in [3.63, 3.8) is 0 Å². The summed E-state index contributed by atoms with van der Waals surface area (Å²) in [5.74, 6) is 0. The summed E-state index contributed by atoms with van der Waals surface area (Å²) in [7, 11) is 0. The maximum absolute atomic E-state index is 2.37. The molecule has 0 unspecified atom stereocenters. The van der Waals surface area contributed by atoms with Crippen LogP contribution in [0.5, 0.6) is 0 Å². The molecule has 0 aromatic heterocycles. The zero-order valence-electron chi connectivity index (χ0n) is 8.92. The number of hydrogen-bond donors (Lipinski definition) is 0. The van der Waals surface area contributed by atoms with Crippen LogP contribution in [0, 0.1) is 17.4 Å². The minimum absolute atomic E-state index is 1.30. The highest BCUT2D eigenvalue weighted by Gasteiger charge is 2.00. The first-order chi connectivity index (χ1) is 7.16. The van der Waals surface area contributed by atoms with Gasteiger partial charge in [-0.15, -0.1) is 0 Å². The second-order valence-electron chi connectivity index (χ2n) is 3.83. The Bertz CT molecular complexity index is 486. The van der Waals surface area contributed by atoms with Gasteiger partial charge in [-0.25, -0.2) is 0 Å². The van der Waals surface area contributed by atoms with Crippen molar-refractivity contribution < 1.29 is 0 Å². The van der Waals surface area contributed by atoms with Crippen LogP contribution in [0.15, 0.2) is 42.5 Å². The van der Waals surface area contributed by atoms with E-state index in [0.717, 1.165) is 0 Å². The van der Waals surface area contributed by atoms with Crippen LogP contribution in [0.3, 0.4) is 0 Å². The Morgan fingerprint density at radius 3 is 2.27 bits per heavy atom. The van der Waals surface area contributed by atoms with Gasteiger partial charge in [-0.1, -0.05) is 42.0 Å². The summed E-state index contributed by atoms with van der Waals surface area (Å²) in [6.45, 7) is 4.28. The molecule has 0 fully saturated rings. The summed E-state index contributed by atoms with van der Waals surface area (Å²) in [6, 6.07) is 15.2. The molecule has 2 rings (SSSR count). The van der Waals surface area contributed by atoms with Gasteiger partial charge >= 0.3 is 0 Å². The fourth-order valence-corrected chi connectivity index (χ4v) is 1.98. The van der Waals surface area contributed by atoms with Crippen molar-refractivity contribution in [2.75, 3.05) is 0 Å². The van der Waals surface area contributed by atoms with Crippen molar-refractivity contribution in [3.05, 3.63) is 57.2 Å². The third-order valence-electron chi connectivity index (χ3n) is 2.51. The molecular weight excluding hydrogens is 295 g/mol. The Balaban J connectivity index is 2.50. The van der Waals surface area contributed by atoms with E-state index >= 15 is 0 Å². The lowest BCUT2D eigenvalue weighted by Crippen LogP contribution is -1.83. The van der Waals surface area contributed by atoms with Crippen molar-refractivity contribution in [2.45, 2.75) is 13.8 Å². The lowest BCUT2D eigenvalue weighted by Gasteiger charge is -2.05. The van der Waals surface area contributed by atoms with Crippen molar-refractivity contribution in [2.24, 2.45) is 0 Å². The third-order valence-corrected chi connectivity index (χ3v) is 3.72. The van der Waals surface area contributed by atoms with Crippen molar-refractivity contribution in [1.29, 1.82) is 0 Å². The molecule has 0 amide bonds. The van der Waals surface area contributed by atoms with Gasteiger partial charge in [0.1, 0.15) is 0 Å². The average molecular weight is 308 g/mol. The third kappa shape index (κ3) is 2.40. The maximum Gasteiger partial charge on any atom is 0.0159 e. The molecule has 0 aliphatic heterocycles. The number of halogens is 1. The summed E-state index contributed by atoms with van der Waals surface area (Å²) in [6.07, 6.45) is 0. The quantitative estimate of drug-likeness (QED) is 0.677. The van der Waals surface area contributed by atoms with Gasteiger partial charge in [0, 0.05) is 3.57 Å². The smallest absolute Gasteiger partial charge is 0.0159 e. The molecule has 0 bridgehead atoms. The summed E-state index contributed by atoms with van der Waals surface area (Å²) >= 11 is 2.37. The molecule has 0 radical (unpaired) electrons. The van der Waals surface area contributed by atoms with Crippen LogP contribution in [0.25, 0.3) is 11.1 Å². The molecule has 0 aliphatic rings. The van der Waals surface area contributed by atoms with Crippen LogP contribution in [-0.4, -0.2) is 0 Å². The summed E-state index contributed by atoms with van der Waals surface area (Å²) in [5, 5.41) is 0. The second-order valence-corrected chi connectivity index (χ2v) is 5.00.